The molecule has 1 N–H and O–H groups in total. The summed E-state index contributed by atoms with van der Waals surface area (Å²) in [6.07, 6.45) is 1.43. The molecule has 1 fully saturated rings. The van der Waals surface area contributed by atoms with Crippen LogP contribution in [0.4, 0.5) is 0 Å². The van der Waals surface area contributed by atoms with E-state index in [-0.39, 0.29) is 21.5 Å². The van der Waals surface area contributed by atoms with Gasteiger partial charge in [-0.1, -0.05) is 18.5 Å². The third kappa shape index (κ3) is 3.85. The van der Waals surface area contributed by atoms with E-state index in [9.17, 15) is 13.2 Å². The average molecular weight is 361 g/mol. The number of hydrogen-bond acceptors (Lipinski definition) is 5. The minimum Gasteiger partial charge on any atom is -0.465 e. The maximum Gasteiger partial charge on any atom is 0.339 e. The largest absolute Gasteiger partial charge is 0.465 e. The summed E-state index contributed by atoms with van der Waals surface area (Å²) in [7, 11) is -2.63. The van der Waals surface area contributed by atoms with Crippen LogP contribution in [0.25, 0.3) is 0 Å². The second-order valence-corrected chi connectivity index (χ2v) is 7.69. The van der Waals surface area contributed by atoms with E-state index >= 15 is 0 Å². The highest BCUT2D eigenvalue weighted by Gasteiger charge is 2.35. The number of halogens is 1. The summed E-state index contributed by atoms with van der Waals surface area (Å²) in [6, 6.07) is 4.06. The fourth-order valence-corrected chi connectivity index (χ4v) is 4.91. The lowest BCUT2D eigenvalue weighted by Gasteiger charge is -2.28. The van der Waals surface area contributed by atoms with Crippen molar-refractivity contribution in [3.63, 3.8) is 0 Å². The number of methoxy groups -OCH3 is 1. The van der Waals surface area contributed by atoms with Crippen LogP contribution in [-0.2, 0) is 14.8 Å². The standard InChI is InChI=1S/C15H21ClN2O4S/c1-3-8-18(12-6-7-17-10-12)23(20,21)14-9-11(16)4-5-13(14)15(19)22-2/h4-5,9,12,17H,3,6-8,10H2,1-2H3. The van der Waals surface area contributed by atoms with Crippen molar-refractivity contribution in [3.8, 4) is 0 Å². The van der Waals surface area contributed by atoms with Crippen molar-refractivity contribution in [3.05, 3.63) is 28.8 Å². The van der Waals surface area contributed by atoms with E-state index in [0.717, 1.165) is 13.0 Å². The lowest BCUT2D eigenvalue weighted by Crippen LogP contribution is -2.42. The lowest BCUT2D eigenvalue weighted by atomic mass is 10.2. The molecule has 0 amide bonds. The first-order chi connectivity index (χ1) is 10.9. The highest BCUT2D eigenvalue weighted by Crippen LogP contribution is 2.27. The molecule has 1 aromatic rings. The molecule has 0 aliphatic carbocycles. The van der Waals surface area contributed by atoms with Gasteiger partial charge >= 0.3 is 5.97 Å². The Balaban J connectivity index is 2.52. The molecular weight excluding hydrogens is 340 g/mol. The van der Waals surface area contributed by atoms with Crippen LogP contribution >= 0.6 is 11.6 Å². The van der Waals surface area contributed by atoms with Crippen molar-refractivity contribution >= 4 is 27.6 Å². The van der Waals surface area contributed by atoms with Crippen LogP contribution in [0.5, 0.6) is 0 Å². The van der Waals surface area contributed by atoms with Crippen molar-refractivity contribution in [1.82, 2.24) is 9.62 Å². The van der Waals surface area contributed by atoms with E-state index in [1.54, 1.807) is 0 Å². The van der Waals surface area contributed by atoms with Gasteiger partial charge in [0.2, 0.25) is 10.0 Å². The van der Waals surface area contributed by atoms with Crippen molar-refractivity contribution in [2.24, 2.45) is 0 Å². The lowest BCUT2D eigenvalue weighted by molar-refractivity contribution is 0.0596. The van der Waals surface area contributed by atoms with E-state index in [0.29, 0.717) is 19.5 Å². The Hall–Kier alpha value is -1.15. The molecule has 0 saturated carbocycles. The molecule has 1 heterocycles. The molecule has 23 heavy (non-hydrogen) atoms. The zero-order valence-electron chi connectivity index (χ0n) is 13.2. The van der Waals surface area contributed by atoms with Crippen LogP contribution in [0.15, 0.2) is 23.1 Å². The van der Waals surface area contributed by atoms with Crippen LogP contribution in [0.3, 0.4) is 0 Å². The van der Waals surface area contributed by atoms with Crippen LogP contribution in [0, 0.1) is 0 Å². The molecular formula is C15H21ClN2O4S. The molecule has 8 heteroatoms. The van der Waals surface area contributed by atoms with Crippen LogP contribution in [0.2, 0.25) is 5.02 Å². The van der Waals surface area contributed by atoms with Gasteiger partial charge < -0.3 is 10.1 Å². The van der Waals surface area contributed by atoms with E-state index in [2.05, 4.69) is 5.32 Å². The first kappa shape index (κ1) is 18.2. The van der Waals surface area contributed by atoms with Gasteiger partial charge in [0.1, 0.15) is 0 Å². The Labute approximate surface area is 141 Å². The molecule has 0 aromatic heterocycles. The number of carbonyl (C=O) groups excluding carboxylic acids is 1. The fraction of sp³-hybridized carbons (Fsp3) is 0.533. The quantitative estimate of drug-likeness (QED) is 0.784. The maximum atomic E-state index is 13.1. The Morgan fingerprint density at radius 2 is 2.22 bits per heavy atom. The maximum absolute atomic E-state index is 13.1. The molecule has 1 aromatic carbocycles. The Morgan fingerprint density at radius 3 is 2.78 bits per heavy atom. The number of carbonyl (C=O) groups is 1. The predicted molar refractivity (Wildman–Crippen MR) is 88.2 cm³/mol. The smallest absolute Gasteiger partial charge is 0.339 e. The molecule has 1 aliphatic rings. The van der Waals surface area contributed by atoms with Gasteiger partial charge in [-0.2, -0.15) is 4.31 Å². The summed E-state index contributed by atoms with van der Waals surface area (Å²) in [5.74, 6) is -0.693. The highest BCUT2D eigenvalue weighted by molar-refractivity contribution is 7.89. The van der Waals surface area contributed by atoms with Crippen LogP contribution in [0.1, 0.15) is 30.1 Å². The summed E-state index contributed by atoms with van der Waals surface area (Å²) in [4.78, 5) is 11.8. The Bertz CT molecular complexity index is 672. The molecule has 1 atom stereocenters. The second kappa shape index (κ2) is 7.61. The fourth-order valence-electron chi connectivity index (χ4n) is 2.72. The molecule has 6 nitrogen and oxygen atoms in total. The van der Waals surface area contributed by atoms with Crippen LogP contribution in [-0.4, -0.2) is 51.5 Å². The molecule has 2 rings (SSSR count). The molecule has 0 bridgehead atoms. The van der Waals surface area contributed by atoms with Crippen molar-refractivity contribution < 1.29 is 17.9 Å². The van der Waals surface area contributed by atoms with Gasteiger partial charge in [-0.3, -0.25) is 0 Å². The zero-order chi connectivity index (χ0) is 17.0. The Kier molecular flexibility index (Phi) is 6.02. The SMILES string of the molecule is CCCN(C1CCNC1)S(=O)(=O)c1cc(Cl)ccc1C(=O)OC. The van der Waals surface area contributed by atoms with Gasteiger partial charge in [0.15, 0.2) is 0 Å². The van der Waals surface area contributed by atoms with Gasteiger partial charge in [0.25, 0.3) is 0 Å². The molecule has 1 unspecified atom stereocenters. The number of sulfonamides is 1. The predicted octanol–water partition coefficient (Wildman–Crippen LogP) is 1.89. The summed E-state index contributed by atoms with van der Waals surface area (Å²) in [6.45, 7) is 3.69. The number of benzene rings is 1. The number of hydrogen-bond donors (Lipinski definition) is 1. The zero-order valence-corrected chi connectivity index (χ0v) is 14.8. The third-order valence-corrected chi connectivity index (χ3v) is 6.05. The van der Waals surface area contributed by atoms with E-state index in [1.807, 2.05) is 6.92 Å². The van der Waals surface area contributed by atoms with E-state index in [4.69, 9.17) is 16.3 Å². The molecule has 0 radical (unpaired) electrons. The van der Waals surface area contributed by atoms with Crippen molar-refractivity contribution in [1.29, 1.82) is 0 Å². The van der Waals surface area contributed by atoms with Crippen LogP contribution < -0.4 is 5.32 Å². The summed E-state index contributed by atoms with van der Waals surface area (Å²) in [5, 5.41) is 3.43. The molecule has 128 valence electrons. The highest BCUT2D eigenvalue weighted by atomic mass is 35.5. The number of nitrogens with zero attached hydrogens (tertiary/aromatic N) is 1. The minimum absolute atomic E-state index is 0.00367. The summed E-state index contributed by atoms with van der Waals surface area (Å²) in [5.41, 5.74) is 0.00367. The minimum atomic E-state index is -3.85. The molecule has 0 spiro atoms. The monoisotopic (exact) mass is 360 g/mol. The number of esters is 1. The van der Waals surface area contributed by atoms with E-state index < -0.39 is 16.0 Å². The number of ether oxygens (including phenoxy) is 1. The first-order valence-electron chi connectivity index (χ1n) is 7.52. The van der Waals surface area contributed by atoms with Gasteiger partial charge in [-0.25, -0.2) is 13.2 Å². The van der Waals surface area contributed by atoms with Gasteiger partial charge in [0.05, 0.1) is 17.6 Å². The number of nitrogens with one attached hydrogen (secondary N) is 1. The van der Waals surface area contributed by atoms with E-state index in [1.165, 1.54) is 29.6 Å². The normalized spacial score (nSPS) is 18.3. The Morgan fingerprint density at radius 1 is 1.48 bits per heavy atom. The van der Waals surface area contributed by atoms with Gasteiger partial charge in [0, 0.05) is 24.2 Å². The van der Waals surface area contributed by atoms with Gasteiger partial charge in [-0.05, 0) is 37.6 Å². The average Bonchev–Trinajstić information content (AvgIpc) is 3.05. The first-order valence-corrected chi connectivity index (χ1v) is 9.34. The second-order valence-electron chi connectivity index (χ2n) is 5.39. The molecule has 1 aliphatic heterocycles. The summed E-state index contributed by atoms with van der Waals surface area (Å²) < 4.78 is 32.4. The number of rotatable bonds is 6. The summed E-state index contributed by atoms with van der Waals surface area (Å²) >= 11 is 5.96. The van der Waals surface area contributed by atoms with Gasteiger partial charge in [-0.15, -0.1) is 0 Å². The van der Waals surface area contributed by atoms with Crippen molar-refractivity contribution in [2.45, 2.75) is 30.7 Å². The topological polar surface area (TPSA) is 75.7 Å². The molecule has 1 saturated heterocycles. The van der Waals surface area contributed by atoms with Crippen molar-refractivity contribution in [2.75, 3.05) is 26.7 Å². The third-order valence-electron chi connectivity index (χ3n) is 3.82.